The van der Waals surface area contributed by atoms with Gasteiger partial charge in [0.2, 0.25) is 11.8 Å². The van der Waals surface area contributed by atoms with E-state index in [1.807, 2.05) is 13.8 Å². The molecule has 2 fully saturated rings. The van der Waals surface area contributed by atoms with Crippen LogP contribution >= 0.6 is 0 Å². The Kier molecular flexibility index (Phi) is 4.09. The third-order valence-corrected chi connectivity index (χ3v) is 4.68. The number of ether oxygens (including phenoxy) is 1. The molecule has 2 unspecified atom stereocenters. The predicted octanol–water partition coefficient (Wildman–Crippen LogP) is 1.46. The van der Waals surface area contributed by atoms with Gasteiger partial charge in [-0.05, 0) is 46.5 Å². The van der Waals surface area contributed by atoms with Gasteiger partial charge in [-0.15, -0.1) is 0 Å². The molecule has 0 bridgehead atoms. The first-order chi connectivity index (χ1) is 9.31. The molecule has 2 aliphatic rings. The maximum absolute atomic E-state index is 12.6. The number of hydrogen-bond donors (Lipinski definition) is 1. The van der Waals surface area contributed by atoms with Crippen molar-refractivity contribution in [2.75, 3.05) is 13.2 Å². The van der Waals surface area contributed by atoms with Crippen LogP contribution in [0.15, 0.2) is 0 Å². The molecule has 2 rings (SSSR count). The lowest BCUT2D eigenvalue weighted by Gasteiger charge is -2.49. The largest absolute Gasteiger partial charge is 0.378 e. The summed E-state index contributed by atoms with van der Waals surface area (Å²) in [6.07, 6.45) is 3.81. The Bertz CT molecular complexity index is 402. The highest BCUT2D eigenvalue weighted by Gasteiger charge is 2.51. The average Bonchev–Trinajstić information content (AvgIpc) is 2.89. The van der Waals surface area contributed by atoms with Crippen LogP contribution in [0.5, 0.6) is 0 Å². The van der Waals surface area contributed by atoms with E-state index in [2.05, 4.69) is 5.32 Å². The molecule has 0 spiro atoms. The molecule has 0 aliphatic carbocycles. The summed E-state index contributed by atoms with van der Waals surface area (Å²) in [6, 6.07) is 0. The highest BCUT2D eigenvalue weighted by atomic mass is 16.5. The van der Waals surface area contributed by atoms with E-state index in [1.54, 1.807) is 18.7 Å². The molecule has 0 aromatic carbocycles. The molecule has 5 nitrogen and oxygen atoms in total. The van der Waals surface area contributed by atoms with Crippen molar-refractivity contribution >= 4 is 11.8 Å². The Morgan fingerprint density at radius 2 is 2.05 bits per heavy atom. The van der Waals surface area contributed by atoms with Crippen molar-refractivity contribution in [3.05, 3.63) is 0 Å². The molecule has 2 aliphatic heterocycles. The van der Waals surface area contributed by atoms with Crippen LogP contribution in [0.25, 0.3) is 0 Å². The van der Waals surface area contributed by atoms with Gasteiger partial charge in [0, 0.05) is 13.2 Å². The van der Waals surface area contributed by atoms with Crippen LogP contribution < -0.4 is 5.32 Å². The normalized spacial score (nSPS) is 33.4. The van der Waals surface area contributed by atoms with Crippen LogP contribution in [0.1, 0.15) is 53.4 Å². The molecular weight excluding hydrogens is 256 g/mol. The number of amides is 2. The summed E-state index contributed by atoms with van der Waals surface area (Å²) in [5, 5.41) is 2.84. The zero-order chi connectivity index (χ0) is 15.0. The molecule has 1 N–H and O–H groups in total. The van der Waals surface area contributed by atoms with Gasteiger partial charge in [0.05, 0.1) is 6.10 Å². The van der Waals surface area contributed by atoms with Crippen LogP contribution in [0.2, 0.25) is 0 Å². The van der Waals surface area contributed by atoms with E-state index in [1.165, 1.54) is 0 Å². The van der Waals surface area contributed by atoms with Gasteiger partial charge in [-0.1, -0.05) is 6.92 Å². The number of hydrogen-bond acceptors (Lipinski definition) is 3. The molecule has 0 aromatic rings. The summed E-state index contributed by atoms with van der Waals surface area (Å²) < 4.78 is 5.62. The summed E-state index contributed by atoms with van der Waals surface area (Å²) >= 11 is 0. The molecule has 5 heteroatoms. The van der Waals surface area contributed by atoms with E-state index in [0.717, 1.165) is 25.9 Å². The van der Waals surface area contributed by atoms with Crippen LogP contribution in [0, 0.1) is 0 Å². The Hall–Kier alpha value is -1.10. The zero-order valence-electron chi connectivity index (χ0n) is 13.0. The molecule has 20 heavy (non-hydrogen) atoms. The van der Waals surface area contributed by atoms with Crippen molar-refractivity contribution in [1.82, 2.24) is 10.2 Å². The Balaban J connectivity index is 2.14. The van der Waals surface area contributed by atoms with Crippen LogP contribution in [0.3, 0.4) is 0 Å². The maximum atomic E-state index is 12.6. The van der Waals surface area contributed by atoms with Gasteiger partial charge in [-0.2, -0.15) is 0 Å². The van der Waals surface area contributed by atoms with Gasteiger partial charge in [0.15, 0.2) is 0 Å². The number of carbonyl (C=O) groups excluding carboxylic acids is 2. The first kappa shape index (κ1) is 15.3. The second-order valence-corrected chi connectivity index (χ2v) is 6.59. The minimum Gasteiger partial charge on any atom is -0.378 e. The van der Waals surface area contributed by atoms with Crippen molar-refractivity contribution in [2.24, 2.45) is 0 Å². The van der Waals surface area contributed by atoms with Crippen molar-refractivity contribution in [2.45, 2.75) is 70.6 Å². The average molecular weight is 282 g/mol. The van der Waals surface area contributed by atoms with Gasteiger partial charge in [-0.25, -0.2) is 0 Å². The minimum atomic E-state index is -0.817. The molecule has 2 heterocycles. The fourth-order valence-electron chi connectivity index (χ4n) is 3.00. The van der Waals surface area contributed by atoms with E-state index < -0.39 is 11.1 Å². The first-order valence-corrected chi connectivity index (χ1v) is 7.57. The molecule has 0 saturated carbocycles. The SMILES string of the molecule is CCC1(C)C(=O)NC(C)(C)C(=O)N1CCC1CCCO1. The maximum Gasteiger partial charge on any atom is 0.248 e. The van der Waals surface area contributed by atoms with E-state index in [-0.39, 0.29) is 17.9 Å². The molecule has 114 valence electrons. The molecule has 2 saturated heterocycles. The number of carbonyl (C=O) groups is 2. The summed E-state index contributed by atoms with van der Waals surface area (Å²) in [5.74, 6) is -0.0589. The van der Waals surface area contributed by atoms with E-state index in [4.69, 9.17) is 4.74 Å². The van der Waals surface area contributed by atoms with Gasteiger partial charge in [0.25, 0.3) is 0 Å². The topological polar surface area (TPSA) is 58.6 Å². The predicted molar refractivity (Wildman–Crippen MR) is 76.2 cm³/mol. The van der Waals surface area contributed by atoms with E-state index in [9.17, 15) is 9.59 Å². The van der Waals surface area contributed by atoms with Gasteiger partial charge < -0.3 is 15.0 Å². The first-order valence-electron chi connectivity index (χ1n) is 7.57. The van der Waals surface area contributed by atoms with Crippen LogP contribution in [-0.2, 0) is 14.3 Å². The number of nitrogens with one attached hydrogen (secondary N) is 1. The number of rotatable bonds is 4. The second kappa shape index (κ2) is 5.35. The lowest BCUT2D eigenvalue weighted by atomic mass is 9.86. The van der Waals surface area contributed by atoms with E-state index >= 15 is 0 Å². The summed E-state index contributed by atoms with van der Waals surface area (Å²) in [5.41, 5.74) is -1.56. The minimum absolute atomic E-state index is 0.000512. The van der Waals surface area contributed by atoms with Crippen molar-refractivity contribution < 1.29 is 14.3 Å². The summed E-state index contributed by atoms with van der Waals surface area (Å²) in [4.78, 5) is 26.8. The third-order valence-electron chi connectivity index (χ3n) is 4.68. The zero-order valence-corrected chi connectivity index (χ0v) is 13.0. The van der Waals surface area contributed by atoms with Gasteiger partial charge >= 0.3 is 0 Å². The Morgan fingerprint density at radius 1 is 1.35 bits per heavy atom. The molecule has 2 amide bonds. The summed E-state index contributed by atoms with van der Waals surface area (Å²) in [7, 11) is 0. The van der Waals surface area contributed by atoms with Crippen molar-refractivity contribution in [3.8, 4) is 0 Å². The van der Waals surface area contributed by atoms with E-state index in [0.29, 0.717) is 13.0 Å². The van der Waals surface area contributed by atoms with Crippen molar-refractivity contribution in [3.63, 3.8) is 0 Å². The van der Waals surface area contributed by atoms with Crippen LogP contribution in [-0.4, -0.2) is 47.0 Å². The highest BCUT2D eigenvalue weighted by Crippen LogP contribution is 2.30. The number of nitrogens with zero attached hydrogens (tertiary/aromatic N) is 1. The number of piperazine rings is 1. The molecule has 0 aromatic heterocycles. The van der Waals surface area contributed by atoms with Crippen molar-refractivity contribution in [1.29, 1.82) is 0 Å². The third kappa shape index (κ3) is 2.55. The Labute approximate surface area is 121 Å². The smallest absolute Gasteiger partial charge is 0.248 e. The van der Waals surface area contributed by atoms with Gasteiger partial charge in [-0.3, -0.25) is 9.59 Å². The molecule has 2 atom stereocenters. The van der Waals surface area contributed by atoms with Gasteiger partial charge in [0.1, 0.15) is 11.1 Å². The fraction of sp³-hybridized carbons (Fsp3) is 0.867. The van der Waals surface area contributed by atoms with Crippen LogP contribution in [0.4, 0.5) is 0 Å². The summed E-state index contributed by atoms with van der Waals surface area (Å²) in [6.45, 7) is 8.73. The highest BCUT2D eigenvalue weighted by molar-refractivity contribution is 6.01. The molecular formula is C15H26N2O3. The Morgan fingerprint density at radius 3 is 2.60 bits per heavy atom. The standard InChI is InChI=1S/C15H26N2O3/c1-5-15(4)12(18)16-14(2,3)13(19)17(15)9-8-11-7-6-10-20-11/h11H,5-10H2,1-4H3,(H,16,18). The fourth-order valence-corrected chi connectivity index (χ4v) is 3.00. The lowest BCUT2D eigenvalue weighted by molar-refractivity contribution is -0.161. The lowest BCUT2D eigenvalue weighted by Crippen LogP contribution is -2.73. The molecule has 0 radical (unpaired) electrons. The quantitative estimate of drug-likeness (QED) is 0.849. The monoisotopic (exact) mass is 282 g/mol. The second-order valence-electron chi connectivity index (χ2n) is 6.59.